The molecule has 0 aromatic heterocycles. The SMILES string of the molecule is CC(c1ccccc1Br)N(C)C(=O)OCc1ccccc1. The molecule has 2 rings (SSSR count). The third-order valence-corrected chi connectivity index (χ3v) is 4.15. The van der Waals surface area contributed by atoms with Crippen LogP contribution in [0, 0.1) is 0 Å². The predicted molar refractivity (Wildman–Crippen MR) is 86.9 cm³/mol. The molecule has 1 atom stereocenters. The molecule has 0 fully saturated rings. The Bertz CT molecular complexity index is 601. The Balaban J connectivity index is 1.97. The maximum absolute atomic E-state index is 12.1. The summed E-state index contributed by atoms with van der Waals surface area (Å²) in [5.41, 5.74) is 2.03. The molecule has 0 bridgehead atoms. The summed E-state index contributed by atoms with van der Waals surface area (Å²) in [4.78, 5) is 13.7. The van der Waals surface area contributed by atoms with E-state index in [-0.39, 0.29) is 18.7 Å². The Labute approximate surface area is 133 Å². The Morgan fingerprint density at radius 3 is 2.43 bits per heavy atom. The third-order valence-electron chi connectivity index (χ3n) is 3.43. The zero-order valence-electron chi connectivity index (χ0n) is 12.1. The summed E-state index contributed by atoms with van der Waals surface area (Å²) in [6.07, 6.45) is -0.331. The molecule has 2 aromatic carbocycles. The Kier molecular flexibility index (Phi) is 5.39. The Morgan fingerprint density at radius 2 is 1.76 bits per heavy atom. The third kappa shape index (κ3) is 4.08. The molecule has 0 saturated carbocycles. The van der Waals surface area contributed by atoms with Crippen molar-refractivity contribution >= 4 is 22.0 Å². The highest BCUT2D eigenvalue weighted by Gasteiger charge is 2.20. The van der Waals surface area contributed by atoms with Crippen LogP contribution in [0.25, 0.3) is 0 Å². The standard InChI is InChI=1S/C17H18BrNO2/c1-13(15-10-6-7-11-16(15)18)19(2)17(20)21-12-14-8-4-3-5-9-14/h3-11,13H,12H2,1-2H3. The molecular formula is C17H18BrNO2. The van der Waals surface area contributed by atoms with Crippen LogP contribution in [0.4, 0.5) is 4.79 Å². The number of benzene rings is 2. The van der Waals surface area contributed by atoms with Gasteiger partial charge < -0.3 is 9.64 Å². The van der Waals surface area contributed by atoms with E-state index in [2.05, 4.69) is 15.9 Å². The summed E-state index contributed by atoms with van der Waals surface area (Å²) >= 11 is 3.51. The van der Waals surface area contributed by atoms with Gasteiger partial charge in [0, 0.05) is 11.5 Å². The van der Waals surface area contributed by atoms with Crippen LogP contribution in [0.15, 0.2) is 59.1 Å². The molecular weight excluding hydrogens is 330 g/mol. The van der Waals surface area contributed by atoms with Gasteiger partial charge in [0.2, 0.25) is 0 Å². The lowest BCUT2D eigenvalue weighted by Crippen LogP contribution is -2.30. The minimum Gasteiger partial charge on any atom is -0.445 e. The van der Waals surface area contributed by atoms with Crippen molar-refractivity contribution in [2.75, 3.05) is 7.05 Å². The lowest BCUT2D eigenvalue weighted by atomic mass is 10.1. The van der Waals surface area contributed by atoms with Gasteiger partial charge in [-0.05, 0) is 24.1 Å². The smallest absolute Gasteiger partial charge is 0.410 e. The highest BCUT2D eigenvalue weighted by atomic mass is 79.9. The van der Waals surface area contributed by atoms with Gasteiger partial charge in [0.05, 0.1) is 6.04 Å². The summed E-state index contributed by atoms with van der Waals surface area (Å²) in [6.45, 7) is 2.26. The van der Waals surface area contributed by atoms with Crippen LogP contribution >= 0.6 is 15.9 Å². The number of carbonyl (C=O) groups excluding carboxylic acids is 1. The molecule has 0 radical (unpaired) electrons. The highest BCUT2D eigenvalue weighted by Crippen LogP contribution is 2.27. The topological polar surface area (TPSA) is 29.5 Å². The molecule has 4 heteroatoms. The van der Waals surface area contributed by atoms with E-state index in [0.717, 1.165) is 15.6 Å². The molecule has 2 aromatic rings. The summed E-state index contributed by atoms with van der Waals surface area (Å²) in [5, 5.41) is 0. The molecule has 0 aliphatic carbocycles. The van der Waals surface area contributed by atoms with E-state index in [1.54, 1.807) is 11.9 Å². The Morgan fingerprint density at radius 1 is 1.14 bits per heavy atom. The van der Waals surface area contributed by atoms with Crippen molar-refractivity contribution < 1.29 is 9.53 Å². The van der Waals surface area contributed by atoms with Gasteiger partial charge in [0.15, 0.2) is 0 Å². The van der Waals surface area contributed by atoms with Crippen molar-refractivity contribution in [2.24, 2.45) is 0 Å². The molecule has 110 valence electrons. The second-order valence-corrected chi connectivity index (χ2v) is 5.70. The van der Waals surface area contributed by atoms with E-state index in [9.17, 15) is 4.79 Å². The second kappa shape index (κ2) is 7.27. The van der Waals surface area contributed by atoms with Crippen molar-refractivity contribution in [1.82, 2.24) is 4.90 Å². The summed E-state index contributed by atoms with van der Waals surface area (Å²) in [7, 11) is 1.75. The van der Waals surface area contributed by atoms with Crippen molar-refractivity contribution in [3.63, 3.8) is 0 Å². The number of rotatable bonds is 4. The number of nitrogens with zero attached hydrogens (tertiary/aromatic N) is 1. The molecule has 0 spiro atoms. The van der Waals surface area contributed by atoms with Crippen LogP contribution < -0.4 is 0 Å². The van der Waals surface area contributed by atoms with Crippen LogP contribution in [0.5, 0.6) is 0 Å². The van der Waals surface area contributed by atoms with Gasteiger partial charge in [0.1, 0.15) is 6.61 Å². The molecule has 0 N–H and O–H groups in total. The molecule has 21 heavy (non-hydrogen) atoms. The summed E-state index contributed by atoms with van der Waals surface area (Å²) < 4.78 is 6.33. The lowest BCUT2D eigenvalue weighted by molar-refractivity contribution is 0.0934. The van der Waals surface area contributed by atoms with Crippen LogP contribution in [-0.2, 0) is 11.3 Å². The van der Waals surface area contributed by atoms with Gasteiger partial charge >= 0.3 is 6.09 Å². The van der Waals surface area contributed by atoms with E-state index in [4.69, 9.17) is 4.74 Å². The number of halogens is 1. The molecule has 0 aliphatic rings. The van der Waals surface area contributed by atoms with E-state index in [0.29, 0.717) is 0 Å². The highest BCUT2D eigenvalue weighted by molar-refractivity contribution is 9.10. The average Bonchev–Trinajstić information content (AvgIpc) is 2.52. The molecule has 0 aliphatic heterocycles. The first-order chi connectivity index (χ1) is 10.1. The zero-order valence-corrected chi connectivity index (χ0v) is 13.7. The van der Waals surface area contributed by atoms with E-state index < -0.39 is 0 Å². The minimum absolute atomic E-state index is 0.0659. The minimum atomic E-state index is -0.331. The normalized spacial score (nSPS) is 11.8. The molecule has 1 amide bonds. The number of hydrogen-bond donors (Lipinski definition) is 0. The van der Waals surface area contributed by atoms with Crippen molar-refractivity contribution in [1.29, 1.82) is 0 Å². The predicted octanol–water partition coefficient (Wildman–Crippen LogP) is 4.78. The van der Waals surface area contributed by atoms with Crippen LogP contribution in [-0.4, -0.2) is 18.0 Å². The molecule has 1 unspecified atom stereocenters. The first-order valence-corrected chi connectivity index (χ1v) is 7.57. The maximum atomic E-state index is 12.1. The average molecular weight is 348 g/mol. The van der Waals surface area contributed by atoms with Crippen LogP contribution in [0.2, 0.25) is 0 Å². The van der Waals surface area contributed by atoms with Gasteiger partial charge in [-0.3, -0.25) is 0 Å². The molecule has 0 saturated heterocycles. The van der Waals surface area contributed by atoms with Gasteiger partial charge in [-0.1, -0.05) is 64.5 Å². The van der Waals surface area contributed by atoms with E-state index in [1.807, 2.05) is 61.5 Å². The quantitative estimate of drug-likeness (QED) is 0.796. The van der Waals surface area contributed by atoms with Crippen LogP contribution in [0.1, 0.15) is 24.1 Å². The van der Waals surface area contributed by atoms with E-state index in [1.165, 1.54) is 0 Å². The fourth-order valence-electron chi connectivity index (χ4n) is 2.00. The second-order valence-electron chi connectivity index (χ2n) is 4.85. The summed E-state index contributed by atoms with van der Waals surface area (Å²) in [6, 6.07) is 17.5. The first kappa shape index (κ1) is 15.6. The van der Waals surface area contributed by atoms with Gasteiger partial charge in [0.25, 0.3) is 0 Å². The number of hydrogen-bond acceptors (Lipinski definition) is 2. The van der Waals surface area contributed by atoms with Gasteiger partial charge in [-0.25, -0.2) is 4.79 Å². The number of amides is 1. The molecule has 0 heterocycles. The number of ether oxygens (including phenoxy) is 1. The fourth-order valence-corrected chi connectivity index (χ4v) is 2.62. The largest absolute Gasteiger partial charge is 0.445 e. The van der Waals surface area contributed by atoms with Gasteiger partial charge in [-0.15, -0.1) is 0 Å². The van der Waals surface area contributed by atoms with Crippen molar-refractivity contribution in [3.05, 3.63) is 70.2 Å². The summed E-state index contributed by atoms with van der Waals surface area (Å²) in [5.74, 6) is 0. The zero-order chi connectivity index (χ0) is 15.2. The van der Waals surface area contributed by atoms with Gasteiger partial charge in [-0.2, -0.15) is 0 Å². The maximum Gasteiger partial charge on any atom is 0.410 e. The van der Waals surface area contributed by atoms with E-state index >= 15 is 0 Å². The first-order valence-electron chi connectivity index (χ1n) is 6.77. The Hall–Kier alpha value is -1.81. The van der Waals surface area contributed by atoms with Crippen molar-refractivity contribution in [2.45, 2.75) is 19.6 Å². The molecule has 3 nitrogen and oxygen atoms in total. The number of carbonyl (C=O) groups is 1. The van der Waals surface area contributed by atoms with Crippen molar-refractivity contribution in [3.8, 4) is 0 Å². The fraction of sp³-hybridized carbons (Fsp3) is 0.235. The lowest BCUT2D eigenvalue weighted by Gasteiger charge is -2.25. The van der Waals surface area contributed by atoms with Crippen LogP contribution in [0.3, 0.4) is 0 Å². The monoisotopic (exact) mass is 347 g/mol.